The molecule has 2 nitrogen and oxygen atoms in total. The predicted octanol–water partition coefficient (Wildman–Crippen LogP) is 2.68. The molecular weight excluding hydrogens is 200 g/mol. The second-order valence-corrected chi connectivity index (χ2v) is 3.07. The number of hydrogen-bond donors (Lipinski definition) is 0. The molecule has 0 aliphatic rings. The van der Waals surface area contributed by atoms with Crippen LogP contribution in [0.4, 0.5) is 8.78 Å². The average molecular weight is 207 g/mol. The summed E-state index contributed by atoms with van der Waals surface area (Å²) in [7, 11) is 0. The summed E-state index contributed by atoms with van der Waals surface area (Å²) in [6.45, 7) is 0. The van der Waals surface area contributed by atoms with Crippen LogP contribution in [0.1, 0.15) is 10.4 Å². The number of ketones is 1. The third kappa shape index (κ3) is 1.70. The molecule has 0 atom stereocenters. The van der Waals surface area contributed by atoms with Gasteiger partial charge in [0.1, 0.15) is 0 Å². The van der Waals surface area contributed by atoms with Crippen LogP contribution in [0, 0.1) is 0 Å². The number of benzene rings is 1. The Labute approximate surface area is 84.6 Å². The fraction of sp³-hybridized carbons (Fsp3) is 0.0909. The number of aromatic nitrogens is 1. The Kier molecular flexibility index (Phi) is 2.41. The van der Waals surface area contributed by atoms with Crippen LogP contribution in [0.5, 0.6) is 0 Å². The van der Waals surface area contributed by atoms with Gasteiger partial charge >= 0.3 is 6.43 Å². The molecule has 0 aliphatic carbocycles. The van der Waals surface area contributed by atoms with E-state index < -0.39 is 12.2 Å². The van der Waals surface area contributed by atoms with E-state index in [4.69, 9.17) is 0 Å². The van der Waals surface area contributed by atoms with E-state index in [2.05, 4.69) is 4.98 Å². The van der Waals surface area contributed by atoms with E-state index in [1.807, 2.05) is 0 Å². The number of Topliss-reactive ketones (excluding diaryl/α,β-unsaturated/α-hetero) is 1. The lowest BCUT2D eigenvalue weighted by Crippen LogP contribution is -2.10. The topological polar surface area (TPSA) is 30.0 Å². The monoisotopic (exact) mass is 207 g/mol. The molecule has 0 spiro atoms. The van der Waals surface area contributed by atoms with Gasteiger partial charge in [-0.15, -0.1) is 0 Å². The van der Waals surface area contributed by atoms with Gasteiger partial charge in [-0.25, -0.2) is 8.78 Å². The van der Waals surface area contributed by atoms with Gasteiger partial charge in [0, 0.05) is 23.3 Å². The highest BCUT2D eigenvalue weighted by atomic mass is 19.3. The number of hydrogen-bond acceptors (Lipinski definition) is 2. The van der Waals surface area contributed by atoms with Crippen LogP contribution >= 0.6 is 0 Å². The Morgan fingerprint density at radius 1 is 1.27 bits per heavy atom. The standard InChI is InChI=1S/C11H7F2NO/c12-11(13)10(15)9-3-1-2-7-6-14-5-4-8(7)9/h1-6,11H. The first-order valence-corrected chi connectivity index (χ1v) is 4.35. The van der Waals surface area contributed by atoms with E-state index in [0.29, 0.717) is 10.8 Å². The fourth-order valence-corrected chi connectivity index (χ4v) is 1.45. The molecule has 15 heavy (non-hydrogen) atoms. The maximum Gasteiger partial charge on any atom is 0.300 e. The van der Waals surface area contributed by atoms with Gasteiger partial charge in [-0.05, 0) is 11.5 Å². The summed E-state index contributed by atoms with van der Waals surface area (Å²) in [4.78, 5) is 15.0. The summed E-state index contributed by atoms with van der Waals surface area (Å²) < 4.78 is 24.6. The van der Waals surface area contributed by atoms with Crippen LogP contribution < -0.4 is 0 Å². The Balaban J connectivity index is 2.66. The highest BCUT2D eigenvalue weighted by molar-refractivity contribution is 6.09. The molecular formula is C11H7F2NO. The molecule has 0 unspecified atom stereocenters. The van der Waals surface area contributed by atoms with Crippen molar-refractivity contribution in [1.82, 2.24) is 4.98 Å². The van der Waals surface area contributed by atoms with Crippen molar-refractivity contribution in [2.45, 2.75) is 6.43 Å². The van der Waals surface area contributed by atoms with Gasteiger partial charge < -0.3 is 0 Å². The number of pyridine rings is 1. The summed E-state index contributed by atoms with van der Waals surface area (Å²) in [6.07, 6.45) is 0.0473. The van der Waals surface area contributed by atoms with Crippen molar-refractivity contribution >= 4 is 16.6 Å². The van der Waals surface area contributed by atoms with Gasteiger partial charge in [0.15, 0.2) is 0 Å². The lowest BCUT2D eigenvalue weighted by atomic mass is 10.0. The molecule has 1 aromatic heterocycles. The van der Waals surface area contributed by atoms with E-state index in [0.717, 1.165) is 0 Å². The van der Waals surface area contributed by atoms with Crippen LogP contribution in [0.15, 0.2) is 36.7 Å². The highest BCUT2D eigenvalue weighted by Gasteiger charge is 2.19. The zero-order chi connectivity index (χ0) is 10.8. The van der Waals surface area contributed by atoms with Crippen molar-refractivity contribution in [2.75, 3.05) is 0 Å². The molecule has 4 heteroatoms. The van der Waals surface area contributed by atoms with E-state index in [9.17, 15) is 13.6 Å². The zero-order valence-electron chi connectivity index (χ0n) is 7.65. The smallest absolute Gasteiger partial charge is 0.288 e. The van der Waals surface area contributed by atoms with Crippen LogP contribution in [-0.4, -0.2) is 17.2 Å². The Bertz CT molecular complexity index is 505. The van der Waals surface area contributed by atoms with Crippen LogP contribution in [0.25, 0.3) is 10.8 Å². The molecule has 0 N–H and O–H groups in total. The lowest BCUT2D eigenvalue weighted by molar-refractivity contribution is 0.0680. The summed E-state index contributed by atoms with van der Waals surface area (Å²) in [5, 5.41) is 1.20. The molecule has 0 saturated carbocycles. The number of nitrogens with zero attached hydrogens (tertiary/aromatic N) is 1. The van der Waals surface area contributed by atoms with E-state index in [1.54, 1.807) is 18.2 Å². The average Bonchev–Trinajstić information content (AvgIpc) is 2.27. The largest absolute Gasteiger partial charge is 0.300 e. The summed E-state index contributed by atoms with van der Waals surface area (Å²) in [6, 6.07) is 6.26. The fourth-order valence-electron chi connectivity index (χ4n) is 1.45. The molecule has 0 radical (unpaired) electrons. The van der Waals surface area contributed by atoms with Crippen molar-refractivity contribution in [3.8, 4) is 0 Å². The molecule has 0 amide bonds. The van der Waals surface area contributed by atoms with Crippen molar-refractivity contribution in [2.24, 2.45) is 0 Å². The predicted molar refractivity (Wildman–Crippen MR) is 52.1 cm³/mol. The Morgan fingerprint density at radius 3 is 2.80 bits per heavy atom. The number of rotatable bonds is 2. The first-order chi connectivity index (χ1) is 7.20. The minimum atomic E-state index is -2.97. The maximum absolute atomic E-state index is 12.3. The first kappa shape index (κ1) is 9.71. The van der Waals surface area contributed by atoms with E-state index >= 15 is 0 Å². The maximum atomic E-state index is 12.3. The summed E-state index contributed by atoms with van der Waals surface area (Å²) in [5.41, 5.74) is 0.0462. The summed E-state index contributed by atoms with van der Waals surface area (Å²) in [5.74, 6) is -1.15. The zero-order valence-corrected chi connectivity index (χ0v) is 7.65. The summed E-state index contributed by atoms with van der Waals surface area (Å²) >= 11 is 0. The number of alkyl halides is 2. The normalized spacial score (nSPS) is 10.9. The SMILES string of the molecule is O=C(c1cccc2cnccc12)C(F)F. The second-order valence-electron chi connectivity index (χ2n) is 3.07. The van der Waals surface area contributed by atoms with Crippen LogP contribution in [0.3, 0.4) is 0 Å². The third-order valence-corrected chi connectivity index (χ3v) is 2.14. The van der Waals surface area contributed by atoms with Gasteiger partial charge in [0.25, 0.3) is 0 Å². The van der Waals surface area contributed by atoms with E-state index in [-0.39, 0.29) is 5.56 Å². The molecule has 2 aromatic rings. The number of halogens is 2. The molecule has 0 bridgehead atoms. The highest BCUT2D eigenvalue weighted by Crippen LogP contribution is 2.19. The van der Waals surface area contributed by atoms with Crippen LogP contribution in [-0.2, 0) is 0 Å². The molecule has 0 fully saturated rings. The molecule has 0 aliphatic heterocycles. The van der Waals surface area contributed by atoms with Gasteiger partial charge in [-0.2, -0.15) is 0 Å². The quantitative estimate of drug-likeness (QED) is 0.708. The van der Waals surface area contributed by atoms with Gasteiger partial charge in [0.2, 0.25) is 5.78 Å². The molecule has 0 saturated heterocycles. The lowest BCUT2D eigenvalue weighted by Gasteiger charge is -2.03. The van der Waals surface area contributed by atoms with Crippen molar-refractivity contribution < 1.29 is 13.6 Å². The van der Waals surface area contributed by atoms with Crippen molar-refractivity contribution in [3.05, 3.63) is 42.2 Å². The molecule has 76 valence electrons. The second kappa shape index (κ2) is 3.73. The number of carbonyl (C=O) groups is 1. The number of fused-ring (bicyclic) bond motifs is 1. The first-order valence-electron chi connectivity index (χ1n) is 4.35. The van der Waals surface area contributed by atoms with Gasteiger partial charge in [-0.3, -0.25) is 9.78 Å². The Morgan fingerprint density at radius 2 is 2.07 bits per heavy atom. The Hall–Kier alpha value is -1.84. The minimum absolute atomic E-state index is 0.0462. The number of carbonyl (C=O) groups excluding carboxylic acids is 1. The molecule has 1 heterocycles. The van der Waals surface area contributed by atoms with Gasteiger partial charge in [0.05, 0.1) is 0 Å². The van der Waals surface area contributed by atoms with Gasteiger partial charge in [-0.1, -0.05) is 18.2 Å². The van der Waals surface area contributed by atoms with E-state index in [1.165, 1.54) is 18.5 Å². The van der Waals surface area contributed by atoms with Crippen molar-refractivity contribution in [3.63, 3.8) is 0 Å². The van der Waals surface area contributed by atoms with Crippen LogP contribution in [0.2, 0.25) is 0 Å². The molecule has 1 aromatic carbocycles. The minimum Gasteiger partial charge on any atom is -0.288 e. The third-order valence-electron chi connectivity index (χ3n) is 2.14. The van der Waals surface area contributed by atoms with Crippen molar-refractivity contribution in [1.29, 1.82) is 0 Å². The molecule has 2 rings (SSSR count).